The van der Waals surface area contributed by atoms with E-state index in [-0.39, 0.29) is 24.4 Å². The van der Waals surface area contributed by atoms with E-state index in [0.717, 1.165) is 36.8 Å². The quantitative estimate of drug-likeness (QED) is 0.827. The van der Waals surface area contributed by atoms with E-state index in [4.69, 9.17) is 0 Å². The Bertz CT molecular complexity index is 558. The highest BCUT2D eigenvalue weighted by atomic mass is 79.9. The average molecular weight is 402 g/mol. The predicted octanol–water partition coefficient (Wildman–Crippen LogP) is 4.00. The number of benzene rings is 1. The van der Waals surface area contributed by atoms with Crippen LogP contribution in [0.25, 0.3) is 0 Å². The van der Waals surface area contributed by atoms with Gasteiger partial charge in [-0.05, 0) is 69.3 Å². The molecule has 0 bridgehead atoms. The summed E-state index contributed by atoms with van der Waals surface area (Å²) in [6.45, 7) is 7.08. The van der Waals surface area contributed by atoms with E-state index >= 15 is 0 Å². The van der Waals surface area contributed by atoms with Crippen LogP contribution in [0.5, 0.6) is 0 Å². The molecule has 1 unspecified atom stereocenters. The van der Waals surface area contributed by atoms with Crippen LogP contribution in [0.15, 0.2) is 28.7 Å². The SMILES string of the molecule is CC(C)N(Cc1cccc(Br)c1)C(=O)C1CC12CCNCC2.Cl. The highest BCUT2D eigenvalue weighted by Crippen LogP contribution is 2.59. The van der Waals surface area contributed by atoms with Gasteiger partial charge in [0.2, 0.25) is 5.91 Å². The molecule has 1 atom stereocenters. The van der Waals surface area contributed by atoms with Gasteiger partial charge >= 0.3 is 0 Å². The van der Waals surface area contributed by atoms with E-state index in [2.05, 4.69) is 52.1 Å². The molecule has 1 aliphatic heterocycles. The second kappa shape index (κ2) is 7.54. The van der Waals surface area contributed by atoms with E-state index in [1.165, 1.54) is 5.56 Å². The minimum absolute atomic E-state index is 0. The number of hydrogen-bond donors (Lipinski definition) is 1. The minimum Gasteiger partial charge on any atom is -0.336 e. The Morgan fingerprint density at radius 2 is 2.09 bits per heavy atom. The van der Waals surface area contributed by atoms with E-state index in [9.17, 15) is 4.79 Å². The van der Waals surface area contributed by atoms with Gasteiger partial charge in [-0.25, -0.2) is 0 Å². The number of halogens is 2. The number of nitrogens with zero attached hydrogens (tertiary/aromatic N) is 1. The summed E-state index contributed by atoms with van der Waals surface area (Å²) in [6, 6.07) is 8.51. The number of nitrogens with one attached hydrogen (secondary N) is 1. The first-order valence-corrected chi connectivity index (χ1v) is 9.07. The molecule has 1 N–H and O–H groups in total. The Labute approximate surface area is 153 Å². The Hall–Kier alpha value is -0.580. The Morgan fingerprint density at radius 3 is 2.70 bits per heavy atom. The largest absolute Gasteiger partial charge is 0.336 e. The summed E-state index contributed by atoms with van der Waals surface area (Å²) in [5, 5.41) is 3.41. The van der Waals surface area contributed by atoms with E-state index in [0.29, 0.717) is 17.9 Å². The van der Waals surface area contributed by atoms with Gasteiger partial charge in [0.05, 0.1) is 0 Å². The lowest BCUT2D eigenvalue weighted by atomic mass is 9.91. The molecule has 3 nitrogen and oxygen atoms in total. The highest BCUT2D eigenvalue weighted by Gasteiger charge is 2.58. The van der Waals surface area contributed by atoms with Crippen molar-refractivity contribution in [2.75, 3.05) is 13.1 Å². The van der Waals surface area contributed by atoms with E-state index < -0.39 is 0 Å². The van der Waals surface area contributed by atoms with Gasteiger partial charge in [-0.1, -0.05) is 28.1 Å². The van der Waals surface area contributed by atoms with Crippen LogP contribution in [0.2, 0.25) is 0 Å². The maximum Gasteiger partial charge on any atom is 0.226 e. The Kier molecular flexibility index (Phi) is 6.15. The molecule has 1 spiro atoms. The lowest BCUT2D eigenvalue weighted by Crippen LogP contribution is -2.40. The van der Waals surface area contributed by atoms with Gasteiger partial charge in [0.15, 0.2) is 0 Å². The molecular weight excluding hydrogens is 376 g/mol. The van der Waals surface area contributed by atoms with Gasteiger partial charge in [-0.2, -0.15) is 0 Å². The molecule has 3 rings (SSSR count). The number of hydrogen-bond acceptors (Lipinski definition) is 2. The smallest absolute Gasteiger partial charge is 0.226 e. The van der Waals surface area contributed by atoms with Crippen LogP contribution in [0.1, 0.15) is 38.7 Å². The summed E-state index contributed by atoms with van der Waals surface area (Å²) in [4.78, 5) is 15.1. The summed E-state index contributed by atoms with van der Waals surface area (Å²) in [5.41, 5.74) is 1.50. The zero-order chi connectivity index (χ0) is 15.7. The van der Waals surface area contributed by atoms with Crippen molar-refractivity contribution < 1.29 is 4.79 Å². The average Bonchev–Trinajstić information content (AvgIpc) is 3.18. The maximum atomic E-state index is 13.0. The van der Waals surface area contributed by atoms with Gasteiger partial charge in [0.25, 0.3) is 0 Å². The third kappa shape index (κ3) is 4.09. The summed E-state index contributed by atoms with van der Waals surface area (Å²) >= 11 is 3.51. The zero-order valence-electron chi connectivity index (χ0n) is 13.8. The molecule has 1 aromatic rings. The number of carbonyl (C=O) groups excluding carboxylic acids is 1. The van der Waals surface area contributed by atoms with Crippen molar-refractivity contribution in [1.82, 2.24) is 10.2 Å². The molecule has 1 heterocycles. The molecule has 1 amide bonds. The first-order chi connectivity index (χ1) is 10.5. The molecule has 1 saturated carbocycles. The monoisotopic (exact) mass is 400 g/mol. The Morgan fingerprint density at radius 1 is 1.39 bits per heavy atom. The summed E-state index contributed by atoms with van der Waals surface area (Å²) in [7, 11) is 0. The van der Waals surface area contributed by atoms with Gasteiger partial charge in [0, 0.05) is 23.0 Å². The first-order valence-electron chi connectivity index (χ1n) is 8.27. The fourth-order valence-corrected chi connectivity index (χ4v) is 4.17. The standard InChI is InChI=1S/C18H25BrN2O.ClH/c1-13(2)21(12-14-4-3-5-15(19)10-14)17(22)16-11-18(16)6-8-20-9-7-18;/h3-5,10,13,16,20H,6-9,11-12H2,1-2H3;1H. The number of rotatable bonds is 4. The number of amides is 1. The molecule has 2 aliphatic rings. The molecule has 2 fully saturated rings. The van der Waals surface area contributed by atoms with Crippen LogP contribution in [-0.2, 0) is 11.3 Å². The van der Waals surface area contributed by atoms with E-state index in [1.54, 1.807) is 0 Å². The molecule has 1 aromatic carbocycles. The number of carbonyl (C=O) groups is 1. The van der Waals surface area contributed by atoms with Crippen molar-refractivity contribution >= 4 is 34.2 Å². The number of piperidine rings is 1. The van der Waals surface area contributed by atoms with Crippen LogP contribution in [0.3, 0.4) is 0 Å². The molecule has 0 radical (unpaired) electrons. The maximum absolute atomic E-state index is 13.0. The zero-order valence-corrected chi connectivity index (χ0v) is 16.3. The first kappa shape index (κ1) is 18.8. The summed E-state index contributed by atoms with van der Waals surface area (Å²) in [5.74, 6) is 0.612. The second-order valence-corrected chi connectivity index (χ2v) is 7.97. The van der Waals surface area contributed by atoms with Gasteiger partial charge < -0.3 is 10.2 Å². The van der Waals surface area contributed by atoms with Gasteiger partial charge in [-0.15, -0.1) is 12.4 Å². The molecule has 23 heavy (non-hydrogen) atoms. The fraction of sp³-hybridized carbons (Fsp3) is 0.611. The van der Waals surface area contributed by atoms with E-state index in [1.807, 2.05) is 12.1 Å². The van der Waals surface area contributed by atoms with Crippen LogP contribution in [-0.4, -0.2) is 29.9 Å². The van der Waals surface area contributed by atoms with Gasteiger partial charge in [-0.3, -0.25) is 4.79 Å². The molecular formula is C18H26BrClN2O. The molecule has 5 heteroatoms. The molecule has 0 aromatic heterocycles. The van der Waals surface area contributed by atoms with Crippen molar-refractivity contribution in [1.29, 1.82) is 0 Å². The predicted molar refractivity (Wildman–Crippen MR) is 99.7 cm³/mol. The topological polar surface area (TPSA) is 32.3 Å². The summed E-state index contributed by atoms with van der Waals surface area (Å²) < 4.78 is 1.07. The second-order valence-electron chi connectivity index (χ2n) is 7.06. The highest BCUT2D eigenvalue weighted by molar-refractivity contribution is 9.10. The van der Waals surface area contributed by atoms with Crippen LogP contribution in [0, 0.1) is 11.3 Å². The summed E-state index contributed by atoms with van der Waals surface area (Å²) in [6.07, 6.45) is 3.41. The van der Waals surface area contributed by atoms with Gasteiger partial charge in [0.1, 0.15) is 0 Å². The molecule has 128 valence electrons. The lowest BCUT2D eigenvalue weighted by molar-refractivity contribution is -0.136. The Balaban J connectivity index is 0.00000192. The van der Waals surface area contributed by atoms with Crippen molar-refractivity contribution in [2.24, 2.45) is 11.3 Å². The molecule has 1 saturated heterocycles. The fourth-order valence-electron chi connectivity index (χ4n) is 3.72. The third-order valence-corrected chi connectivity index (χ3v) is 5.73. The van der Waals surface area contributed by atoms with Crippen molar-refractivity contribution in [3.63, 3.8) is 0 Å². The normalized spacial score (nSPS) is 21.8. The van der Waals surface area contributed by atoms with Crippen LogP contribution >= 0.6 is 28.3 Å². The van der Waals surface area contributed by atoms with Crippen molar-refractivity contribution in [3.8, 4) is 0 Å². The van der Waals surface area contributed by atoms with Crippen LogP contribution in [0.4, 0.5) is 0 Å². The molecule has 1 aliphatic carbocycles. The van der Waals surface area contributed by atoms with Crippen LogP contribution < -0.4 is 5.32 Å². The minimum atomic E-state index is 0. The van der Waals surface area contributed by atoms with Crippen molar-refractivity contribution in [3.05, 3.63) is 34.3 Å². The lowest BCUT2D eigenvalue weighted by Gasteiger charge is -2.30. The third-order valence-electron chi connectivity index (χ3n) is 5.24. The van der Waals surface area contributed by atoms with Crippen molar-refractivity contribution in [2.45, 2.75) is 45.7 Å².